The molecule has 74 valence electrons. The Kier molecular flexibility index (Phi) is 3.73. The van der Waals surface area contributed by atoms with Crippen LogP contribution in [-0.4, -0.2) is 17.6 Å². The average molecular weight is 191 g/mol. The lowest BCUT2D eigenvalue weighted by Gasteiger charge is -2.02. The molecule has 0 aliphatic rings. The van der Waals surface area contributed by atoms with Gasteiger partial charge in [-0.05, 0) is 24.6 Å². The van der Waals surface area contributed by atoms with Crippen LogP contribution in [-0.2, 0) is 4.79 Å². The molecule has 0 heterocycles. The summed E-state index contributed by atoms with van der Waals surface area (Å²) in [5.74, 6) is -0.859. The smallest absolute Gasteiger partial charge is 0.322 e. The van der Waals surface area contributed by atoms with Crippen LogP contribution >= 0.6 is 0 Å². The summed E-state index contributed by atoms with van der Waals surface area (Å²) < 4.78 is 0. The first-order valence-electron chi connectivity index (χ1n) is 4.41. The SMILES string of the molecule is CC=Cc1ccc(NCC(=O)O)cc1. The Morgan fingerprint density at radius 3 is 2.57 bits per heavy atom. The van der Waals surface area contributed by atoms with Crippen molar-refractivity contribution in [3.63, 3.8) is 0 Å². The monoisotopic (exact) mass is 191 g/mol. The van der Waals surface area contributed by atoms with Crippen LogP contribution in [0.5, 0.6) is 0 Å². The lowest BCUT2D eigenvalue weighted by Crippen LogP contribution is -2.11. The molecule has 0 spiro atoms. The fraction of sp³-hybridized carbons (Fsp3) is 0.182. The minimum absolute atomic E-state index is 0.0526. The molecule has 14 heavy (non-hydrogen) atoms. The van der Waals surface area contributed by atoms with Gasteiger partial charge in [0.15, 0.2) is 0 Å². The highest BCUT2D eigenvalue weighted by molar-refractivity contribution is 5.72. The van der Waals surface area contributed by atoms with Crippen molar-refractivity contribution < 1.29 is 9.90 Å². The van der Waals surface area contributed by atoms with Crippen LogP contribution in [0.4, 0.5) is 5.69 Å². The number of anilines is 1. The quantitative estimate of drug-likeness (QED) is 0.767. The highest BCUT2D eigenvalue weighted by Crippen LogP contribution is 2.10. The molecule has 0 atom stereocenters. The van der Waals surface area contributed by atoms with Gasteiger partial charge in [0.1, 0.15) is 6.54 Å². The van der Waals surface area contributed by atoms with E-state index in [1.165, 1.54) is 0 Å². The molecule has 1 rings (SSSR count). The molecule has 0 saturated heterocycles. The number of benzene rings is 1. The van der Waals surface area contributed by atoms with Crippen LogP contribution < -0.4 is 5.32 Å². The molecule has 0 bridgehead atoms. The van der Waals surface area contributed by atoms with E-state index >= 15 is 0 Å². The Labute approximate surface area is 83.1 Å². The molecule has 0 radical (unpaired) electrons. The first-order valence-corrected chi connectivity index (χ1v) is 4.41. The minimum atomic E-state index is -0.859. The number of aliphatic carboxylic acids is 1. The van der Waals surface area contributed by atoms with E-state index in [1.54, 1.807) is 0 Å². The average Bonchev–Trinajstić information content (AvgIpc) is 2.17. The number of carbonyl (C=O) groups is 1. The molecule has 3 nitrogen and oxygen atoms in total. The van der Waals surface area contributed by atoms with Crippen molar-refractivity contribution in [1.82, 2.24) is 0 Å². The molecular weight excluding hydrogens is 178 g/mol. The van der Waals surface area contributed by atoms with Crippen molar-refractivity contribution >= 4 is 17.7 Å². The third kappa shape index (κ3) is 3.31. The summed E-state index contributed by atoms with van der Waals surface area (Å²) in [6.45, 7) is 1.90. The number of nitrogens with one attached hydrogen (secondary N) is 1. The highest BCUT2D eigenvalue weighted by atomic mass is 16.4. The third-order valence-corrected chi connectivity index (χ3v) is 1.71. The summed E-state index contributed by atoms with van der Waals surface area (Å²) in [5, 5.41) is 11.2. The van der Waals surface area contributed by atoms with E-state index in [0.717, 1.165) is 11.3 Å². The van der Waals surface area contributed by atoms with Crippen LogP contribution in [0.3, 0.4) is 0 Å². The summed E-state index contributed by atoms with van der Waals surface area (Å²) in [7, 11) is 0. The zero-order valence-electron chi connectivity index (χ0n) is 8.03. The number of carboxylic acid groups (broad SMARTS) is 1. The third-order valence-electron chi connectivity index (χ3n) is 1.71. The van der Waals surface area contributed by atoms with E-state index in [0.29, 0.717) is 0 Å². The van der Waals surface area contributed by atoms with Gasteiger partial charge in [0.05, 0.1) is 0 Å². The summed E-state index contributed by atoms with van der Waals surface area (Å²) in [4.78, 5) is 10.3. The summed E-state index contributed by atoms with van der Waals surface area (Å²) >= 11 is 0. The molecule has 0 saturated carbocycles. The van der Waals surface area contributed by atoms with Gasteiger partial charge in [-0.1, -0.05) is 24.3 Å². The fourth-order valence-electron chi connectivity index (χ4n) is 1.08. The van der Waals surface area contributed by atoms with E-state index in [1.807, 2.05) is 43.3 Å². The van der Waals surface area contributed by atoms with E-state index in [4.69, 9.17) is 5.11 Å². The van der Waals surface area contributed by atoms with Gasteiger partial charge >= 0.3 is 5.97 Å². The van der Waals surface area contributed by atoms with Gasteiger partial charge in [0.25, 0.3) is 0 Å². The topological polar surface area (TPSA) is 49.3 Å². The maximum Gasteiger partial charge on any atom is 0.322 e. The van der Waals surface area contributed by atoms with Crippen LogP contribution in [0, 0.1) is 0 Å². The molecular formula is C11H13NO2. The molecule has 0 aliphatic heterocycles. The van der Waals surface area contributed by atoms with Crippen molar-refractivity contribution in [3.8, 4) is 0 Å². The predicted molar refractivity (Wildman–Crippen MR) is 57.3 cm³/mol. The standard InChI is InChI=1S/C11H13NO2/c1-2-3-9-4-6-10(7-5-9)12-8-11(13)14/h2-7,12H,8H2,1H3,(H,13,14). The Balaban J connectivity index is 2.59. The van der Waals surface area contributed by atoms with E-state index in [9.17, 15) is 4.79 Å². The number of hydrogen-bond acceptors (Lipinski definition) is 2. The first-order chi connectivity index (χ1) is 6.72. The van der Waals surface area contributed by atoms with Crippen molar-refractivity contribution in [1.29, 1.82) is 0 Å². The highest BCUT2D eigenvalue weighted by Gasteiger charge is 1.95. The predicted octanol–water partition coefficient (Wildman–Crippen LogP) is 2.22. The molecule has 3 heteroatoms. The molecule has 0 aromatic heterocycles. The Bertz CT molecular complexity index is 328. The van der Waals surface area contributed by atoms with E-state index < -0.39 is 5.97 Å². The fourth-order valence-corrected chi connectivity index (χ4v) is 1.08. The zero-order valence-corrected chi connectivity index (χ0v) is 8.03. The molecule has 0 amide bonds. The van der Waals surface area contributed by atoms with E-state index in [2.05, 4.69) is 5.32 Å². The van der Waals surface area contributed by atoms with E-state index in [-0.39, 0.29) is 6.54 Å². The van der Waals surface area contributed by atoms with Crippen LogP contribution in [0.2, 0.25) is 0 Å². The number of carboxylic acids is 1. The summed E-state index contributed by atoms with van der Waals surface area (Å²) in [6, 6.07) is 7.59. The largest absolute Gasteiger partial charge is 0.480 e. The first kappa shape index (κ1) is 10.3. The molecule has 1 aromatic carbocycles. The minimum Gasteiger partial charge on any atom is -0.480 e. The Morgan fingerprint density at radius 2 is 2.07 bits per heavy atom. The Morgan fingerprint density at radius 1 is 1.43 bits per heavy atom. The van der Waals surface area contributed by atoms with Gasteiger partial charge in [-0.25, -0.2) is 0 Å². The normalized spacial score (nSPS) is 10.4. The van der Waals surface area contributed by atoms with Crippen molar-refractivity contribution in [3.05, 3.63) is 35.9 Å². The summed E-state index contributed by atoms with van der Waals surface area (Å²) in [5.41, 5.74) is 1.93. The molecule has 0 unspecified atom stereocenters. The van der Waals surface area contributed by atoms with Crippen LogP contribution in [0.1, 0.15) is 12.5 Å². The molecule has 1 aromatic rings. The van der Waals surface area contributed by atoms with Crippen molar-refractivity contribution in [2.45, 2.75) is 6.92 Å². The molecule has 0 aliphatic carbocycles. The van der Waals surface area contributed by atoms with Gasteiger partial charge < -0.3 is 10.4 Å². The number of hydrogen-bond donors (Lipinski definition) is 2. The number of allylic oxidation sites excluding steroid dienone is 1. The van der Waals surface area contributed by atoms with Crippen molar-refractivity contribution in [2.75, 3.05) is 11.9 Å². The second-order valence-corrected chi connectivity index (χ2v) is 2.87. The second-order valence-electron chi connectivity index (χ2n) is 2.87. The zero-order chi connectivity index (χ0) is 10.4. The van der Waals surface area contributed by atoms with Gasteiger partial charge in [0, 0.05) is 5.69 Å². The van der Waals surface area contributed by atoms with Gasteiger partial charge in [-0.3, -0.25) is 4.79 Å². The van der Waals surface area contributed by atoms with Gasteiger partial charge in [-0.15, -0.1) is 0 Å². The van der Waals surface area contributed by atoms with Crippen LogP contribution in [0.25, 0.3) is 6.08 Å². The lowest BCUT2D eigenvalue weighted by molar-refractivity contribution is -0.134. The van der Waals surface area contributed by atoms with Crippen molar-refractivity contribution in [2.24, 2.45) is 0 Å². The van der Waals surface area contributed by atoms with Gasteiger partial charge in [0.2, 0.25) is 0 Å². The molecule has 2 N–H and O–H groups in total. The lowest BCUT2D eigenvalue weighted by atomic mass is 10.2. The second kappa shape index (κ2) is 5.07. The number of rotatable bonds is 4. The Hall–Kier alpha value is -1.77. The van der Waals surface area contributed by atoms with Crippen LogP contribution in [0.15, 0.2) is 30.3 Å². The van der Waals surface area contributed by atoms with Gasteiger partial charge in [-0.2, -0.15) is 0 Å². The summed E-state index contributed by atoms with van der Waals surface area (Å²) in [6.07, 6.45) is 3.95. The maximum absolute atomic E-state index is 10.3. The maximum atomic E-state index is 10.3. The molecule has 0 fully saturated rings.